The number of hydrogen-bond acceptors (Lipinski definition) is 4. The summed E-state index contributed by atoms with van der Waals surface area (Å²) in [6.07, 6.45) is 1.65. The second-order valence-corrected chi connectivity index (χ2v) is 8.07. The molecule has 0 bridgehead atoms. The number of rotatable bonds is 6. The average Bonchev–Trinajstić information content (AvgIpc) is 2.59. The molecule has 0 aliphatic heterocycles. The summed E-state index contributed by atoms with van der Waals surface area (Å²) < 4.78 is 23.9. The Bertz CT molecular complexity index is 950. The highest BCUT2D eigenvalue weighted by Gasteiger charge is 2.17. The van der Waals surface area contributed by atoms with Gasteiger partial charge in [0.15, 0.2) is 9.84 Å². The van der Waals surface area contributed by atoms with Gasteiger partial charge < -0.3 is 10.4 Å². The Balaban J connectivity index is 2.31. The van der Waals surface area contributed by atoms with E-state index in [9.17, 15) is 18.0 Å². The number of aryl methyl sites for hydroxylation is 1. The molecule has 7 heteroatoms. The van der Waals surface area contributed by atoms with Gasteiger partial charge in [-0.25, -0.2) is 8.42 Å². The molecule has 2 aromatic rings. The van der Waals surface area contributed by atoms with E-state index in [4.69, 9.17) is 5.11 Å². The summed E-state index contributed by atoms with van der Waals surface area (Å²) in [6.45, 7) is 3.41. The molecule has 0 aliphatic carbocycles. The van der Waals surface area contributed by atoms with Crippen LogP contribution in [0.5, 0.6) is 0 Å². The topological polar surface area (TPSA) is 101 Å². The van der Waals surface area contributed by atoms with Gasteiger partial charge in [-0.2, -0.15) is 0 Å². The molecule has 6 nitrogen and oxygen atoms in total. The largest absolute Gasteiger partial charge is 0.481 e. The summed E-state index contributed by atoms with van der Waals surface area (Å²) in [7, 11) is -3.45. The van der Waals surface area contributed by atoms with Crippen molar-refractivity contribution >= 4 is 27.4 Å². The summed E-state index contributed by atoms with van der Waals surface area (Å²) in [5.41, 5.74) is 1.88. The molecule has 0 saturated heterocycles. The Labute approximate surface area is 152 Å². The maximum absolute atomic E-state index is 12.5. The monoisotopic (exact) mass is 375 g/mol. The second-order valence-electron chi connectivity index (χ2n) is 6.09. The van der Waals surface area contributed by atoms with Crippen molar-refractivity contribution in [3.8, 4) is 0 Å². The lowest BCUT2D eigenvalue weighted by Crippen LogP contribution is -2.14. The van der Waals surface area contributed by atoms with E-state index in [1.165, 1.54) is 6.07 Å². The molecule has 2 aromatic carbocycles. The van der Waals surface area contributed by atoms with Crippen LogP contribution in [-0.4, -0.2) is 31.7 Å². The Hall–Kier alpha value is -2.67. The molecule has 0 fully saturated rings. The van der Waals surface area contributed by atoms with Gasteiger partial charge in [0.1, 0.15) is 0 Å². The predicted octanol–water partition coefficient (Wildman–Crippen LogP) is 3.09. The molecule has 0 saturated carbocycles. The maximum atomic E-state index is 12.5. The fourth-order valence-corrected chi connectivity index (χ4v) is 3.59. The Kier molecular flexibility index (Phi) is 5.82. The van der Waals surface area contributed by atoms with Crippen molar-refractivity contribution in [3.63, 3.8) is 0 Å². The predicted molar refractivity (Wildman–Crippen MR) is 99.4 cm³/mol. The van der Waals surface area contributed by atoms with Gasteiger partial charge in [0, 0.05) is 17.5 Å². The summed E-state index contributed by atoms with van der Waals surface area (Å²) >= 11 is 0. The van der Waals surface area contributed by atoms with Crippen molar-refractivity contribution in [2.45, 2.75) is 31.1 Å². The van der Waals surface area contributed by atoms with Crippen molar-refractivity contribution in [1.82, 2.24) is 0 Å². The third-order valence-electron chi connectivity index (χ3n) is 4.12. The molecule has 1 amide bonds. The number of carbonyl (C=O) groups excluding carboxylic acids is 1. The van der Waals surface area contributed by atoms with Crippen molar-refractivity contribution in [2.24, 2.45) is 0 Å². The van der Waals surface area contributed by atoms with Crippen LogP contribution in [0.25, 0.3) is 0 Å². The molecule has 0 aromatic heterocycles. The van der Waals surface area contributed by atoms with Crippen LogP contribution < -0.4 is 5.32 Å². The average molecular weight is 375 g/mol. The van der Waals surface area contributed by atoms with E-state index >= 15 is 0 Å². The van der Waals surface area contributed by atoms with E-state index < -0.39 is 27.6 Å². The Morgan fingerprint density at radius 1 is 1.15 bits per heavy atom. The smallest absolute Gasteiger partial charge is 0.310 e. The number of carbonyl (C=O) groups is 2. The van der Waals surface area contributed by atoms with Crippen LogP contribution in [0.15, 0.2) is 47.4 Å². The molecule has 138 valence electrons. The summed E-state index contributed by atoms with van der Waals surface area (Å²) in [6, 6.07) is 11.1. The van der Waals surface area contributed by atoms with Crippen LogP contribution in [0.4, 0.5) is 5.69 Å². The van der Waals surface area contributed by atoms with Crippen LogP contribution in [-0.2, 0) is 21.1 Å². The minimum atomic E-state index is -3.45. The van der Waals surface area contributed by atoms with E-state index in [1.54, 1.807) is 43.3 Å². The molecule has 0 spiro atoms. The fourth-order valence-electron chi connectivity index (χ4n) is 2.56. The summed E-state index contributed by atoms with van der Waals surface area (Å²) in [5, 5.41) is 11.8. The van der Waals surface area contributed by atoms with E-state index in [2.05, 4.69) is 5.32 Å². The quantitative estimate of drug-likeness (QED) is 0.808. The van der Waals surface area contributed by atoms with Gasteiger partial charge in [-0.15, -0.1) is 0 Å². The van der Waals surface area contributed by atoms with E-state index in [0.29, 0.717) is 23.2 Å². The van der Waals surface area contributed by atoms with Crippen LogP contribution in [0.2, 0.25) is 0 Å². The lowest BCUT2D eigenvalue weighted by atomic mass is 10.0. The number of anilines is 1. The number of amides is 1. The third kappa shape index (κ3) is 4.49. The Morgan fingerprint density at radius 2 is 1.85 bits per heavy atom. The van der Waals surface area contributed by atoms with Gasteiger partial charge >= 0.3 is 5.97 Å². The number of carboxylic acid groups (broad SMARTS) is 1. The molecule has 0 aliphatic rings. The third-order valence-corrected chi connectivity index (χ3v) is 5.30. The highest BCUT2D eigenvalue weighted by atomic mass is 32.2. The van der Waals surface area contributed by atoms with Crippen LogP contribution >= 0.6 is 0 Å². The minimum absolute atomic E-state index is 0.140. The van der Waals surface area contributed by atoms with Crippen molar-refractivity contribution < 1.29 is 23.1 Å². The fraction of sp³-hybridized carbons (Fsp3) is 0.263. The van der Waals surface area contributed by atoms with E-state index in [0.717, 1.165) is 6.26 Å². The molecule has 26 heavy (non-hydrogen) atoms. The standard InChI is InChI=1S/C19H21NO5S/c1-4-13-8-9-15(11-17(13)26(3,24)25)18(21)20-16-7-5-6-14(10-16)12(2)19(22)23/h5-12H,4H2,1-3H3,(H,20,21)(H,22,23). The van der Waals surface area contributed by atoms with Crippen molar-refractivity contribution in [2.75, 3.05) is 11.6 Å². The van der Waals surface area contributed by atoms with Gasteiger partial charge in [-0.3, -0.25) is 9.59 Å². The lowest BCUT2D eigenvalue weighted by molar-refractivity contribution is -0.138. The van der Waals surface area contributed by atoms with Crippen LogP contribution in [0.1, 0.15) is 41.3 Å². The lowest BCUT2D eigenvalue weighted by Gasteiger charge is -2.12. The van der Waals surface area contributed by atoms with Crippen LogP contribution in [0.3, 0.4) is 0 Å². The number of nitrogens with one attached hydrogen (secondary N) is 1. The first-order valence-electron chi connectivity index (χ1n) is 8.10. The number of benzene rings is 2. The first-order valence-corrected chi connectivity index (χ1v) is 9.99. The zero-order chi connectivity index (χ0) is 19.5. The van der Waals surface area contributed by atoms with Gasteiger partial charge in [-0.1, -0.05) is 25.1 Å². The first-order chi connectivity index (χ1) is 12.1. The first kappa shape index (κ1) is 19.7. The molecule has 0 radical (unpaired) electrons. The van der Waals surface area contributed by atoms with Crippen LogP contribution in [0, 0.1) is 0 Å². The van der Waals surface area contributed by atoms with E-state index in [-0.39, 0.29) is 10.5 Å². The van der Waals surface area contributed by atoms with Gasteiger partial charge in [0.25, 0.3) is 5.91 Å². The van der Waals surface area contributed by atoms with Gasteiger partial charge in [0.05, 0.1) is 10.8 Å². The molecular formula is C19H21NO5S. The summed E-state index contributed by atoms with van der Waals surface area (Å²) in [5.74, 6) is -2.12. The highest BCUT2D eigenvalue weighted by Crippen LogP contribution is 2.22. The molecule has 1 atom stereocenters. The zero-order valence-electron chi connectivity index (χ0n) is 14.8. The zero-order valence-corrected chi connectivity index (χ0v) is 15.6. The normalized spacial score (nSPS) is 12.4. The van der Waals surface area contributed by atoms with Crippen molar-refractivity contribution in [3.05, 3.63) is 59.2 Å². The Morgan fingerprint density at radius 3 is 2.42 bits per heavy atom. The number of sulfone groups is 1. The molecule has 1 unspecified atom stereocenters. The van der Waals surface area contributed by atoms with Gasteiger partial charge in [-0.05, 0) is 48.7 Å². The molecular weight excluding hydrogens is 354 g/mol. The van der Waals surface area contributed by atoms with E-state index in [1.807, 2.05) is 6.92 Å². The minimum Gasteiger partial charge on any atom is -0.481 e. The number of aliphatic carboxylic acids is 1. The van der Waals surface area contributed by atoms with Crippen molar-refractivity contribution in [1.29, 1.82) is 0 Å². The summed E-state index contributed by atoms with van der Waals surface area (Å²) in [4.78, 5) is 23.7. The molecule has 2 N–H and O–H groups in total. The maximum Gasteiger partial charge on any atom is 0.310 e. The second kappa shape index (κ2) is 7.70. The highest BCUT2D eigenvalue weighted by molar-refractivity contribution is 7.90. The number of carboxylic acids is 1. The molecule has 2 rings (SSSR count). The number of hydrogen-bond donors (Lipinski definition) is 2. The van der Waals surface area contributed by atoms with Gasteiger partial charge in [0.2, 0.25) is 0 Å². The molecule has 0 heterocycles. The SMILES string of the molecule is CCc1ccc(C(=O)Nc2cccc(C(C)C(=O)O)c2)cc1S(C)(=O)=O.